The summed E-state index contributed by atoms with van der Waals surface area (Å²) in [6.07, 6.45) is 0. The predicted octanol–water partition coefficient (Wildman–Crippen LogP) is 3.25. The van der Waals surface area contributed by atoms with Gasteiger partial charge in [0, 0.05) is 12.5 Å². The van der Waals surface area contributed by atoms with Gasteiger partial charge in [-0.05, 0) is 40.7 Å². The summed E-state index contributed by atoms with van der Waals surface area (Å²) in [6, 6.07) is 5.98. The number of hydrogen-bond acceptors (Lipinski definition) is 5. The number of halogens is 1. The summed E-state index contributed by atoms with van der Waals surface area (Å²) in [5, 5.41) is 7.00. The maximum atomic E-state index is 5.70. The van der Waals surface area contributed by atoms with Crippen molar-refractivity contribution in [1.29, 1.82) is 0 Å². The van der Waals surface area contributed by atoms with E-state index in [1.807, 2.05) is 39.1 Å². The minimum absolute atomic E-state index is 0.226. The molecule has 0 fully saturated rings. The molecule has 20 heavy (non-hydrogen) atoms. The highest BCUT2D eigenvalue weighted by Gasteiger charge is 2.11. The fourth-order valence-electron chi connectivity index (χ4n) is 1.68. The van der Waals surface area contributed by atoms with E-state index in [2.05, 4.69) is 31.4 Å². The lowest BCUT2D eigenvalue weighted by Crippen LogP contribution is -2.05. The first-order chi connectivity index (χ1) is 9.60. The van der Waals surface area contributed by atoms with E-state index < -0.39 is 0 Å². The van der Waals surface area contributed by atoms with Gasteiger partial charge in [0.2, 0.25) is 11.7 Å². The second-order valence-corrected chi connectivity index (χ2v) is 5.64. The summed E-state index contributed by atoms with van der Waals surface area (Å²) in [4.78, 5) is 4.27. The van der Waals surface area contributed by atoms with Crippen LogP contribution in [0.2, 0.25) is 0 Å². The monoisotopic (exact) mass is 339 g/mol. The molecule has 0 unspecified atom stereocenters. The maximum Gasteiger partial charge on any atom is 0.229 e. The van der Waals surface area contributed by atoms with Crippen LogP contribution in [0.4, 0.5) is 0 Å². The summed E-state index contributed by atoms with van der Waals surface area (Å²) >= 11 is 3.50. The molecule has 0 amide bonds. The van der Waals surface area contributed by atoms with E-state index in [4.69, 9.17) is 9.26 Å². The van der Waals surface area contributed by atoms with Gasteiger partial charge >= 0.3 is 0 Å². The fourth-order valence-corrected chi connectivity index (χ4v) is 2.22. The fraction of sp³-hybridized carbons (Fsp3) is 0.429. The molecule has 1 N–H and O–H groups in total. The van der Waals surface area contributed by atoms with E-state index >= 15 is 0 Å². The molecule has 0 aliphatic rings. The van der Waals surface area contributed by atoms with Gasteiger partial charge in [0.1, 0.15) is 5.75 Å². The zero-order chi connectivity index (χ0) is 14.5. The number of benzene rings is 1. The van der Waals surface area contributed by atoms with Crippen LogP contribution in [0, 0.1) is 0 Å². The van der Waals surface area contributed by atoms with Crippen LogP contribution < -0.4 is 10.1 Å². The lowest BCUT2D eigenvalue weighted by molar-refractivity contribution is 0.282. The molecule has 5 nitrogen and oxygen atoms in total. The van der Waals surface area contributed by atoms with Gasteiger partial charge in [0.15, 0.2) is 6.61 Å². The van der Waals surface area contributed by atoms with Crippen molar-refractivity contribution in [3.8, 4) is 5.75 Å². The number of nitrogens with one attached hydrogen (secondary N) is 1. The van der Waals surface area contributed by atoms with Crippen LogP contribution in [0.5, 0.6) is 5.75 Å². The molecule has 2 aromatic rings. The average Bonchev–Trinajstić information content (AvgIpc) is 2.87. The van der Waals surface area contributed by atoms with Gasteiger partial charge < -0.3 is 14.6 Å². The van der Waals surface area contributed by atoms with Gasteiger partial charge in [-0.3, -0.25) is 0 Å². The van der Waals surface area contributed by atoms with Crippen molar-refractivity contribution in [2.75, 3.05) is 7.05 Å². The van der Waals surface area contributed by atoms with E-state index in [0.717, 1.165) is 16.8 Å². The topological polar surface area (TPSA) is 60.2 Å². The Morgan fingerprint density at radius 3 is 2.80 bits per heavy atom. The quantitative estimate of drug-likeness (QED) is 0.875. The number of ether oxygens (including phenoxy) is 1. The molecule has 6 heteroatoms. The van der Waals surface area contributed by atoms with Crippen LogP contribution in [0.3, 0.4) is 0 Å². The molecule has 0 saturated heterocycles. The van der Waals surface area contributed by atoms with Gasteiger partial charge in [0.25, 0.3) is 0 Å². The van der Waals surface area contributed by atoms with E-state index in [1.54, 1.807) is 0 Å². The first kappa shape index (κ1) is 15.0. The highest BCUT2D eigenvalue weighted by Crippen LogP contribution is 2.26. The molecular formula is C14H18BrN3O2. The third kappa shape index (κ3) is 3.80. The van der Waals surface area contributed by atoms with Crippen LogP contribution in [0.25, 0.3) is 0 Å². The Hall–Kier alpha value is -1.40. The molecule has 0 aliphatic heterocycles. The minimum atomic E-state index is 0.226. The Morgan fingerprint density at radius 2 is 2.20 bits per heavy atom. The van der Waals surface area contributed by atoms with E-state index in [9.17, 15) is 0 Å². The largest absolute Gasteiger partial charge is 0.484 e. The predicted molar refractivity (Wildman–Crippen MR) is 79.6 cm³/mol. The molecule has 2 rings (SSSR count). The van der Waals surface area contributed by atoms with Gasteiger partial charge in [-0.1, -0.05) is 25.1 Å². The van der Waals surface area contributed by atoms with Gasteiger partial charge in [0.05, 0.1) is 4.47 Å². The molecule has 108 valence electrons. The van der Waals surface area contributed by atoms with Gasteiger partial charge in [-0.25, -0.2) is 0 Å². The molecule has 0 aliphatic carbocycles. The summed E-state index contributed by atoms with van der Waals surface area (Å²) < 4.78 is 11.7. The van der Waals surface area contributed by atoms with Crippen molar-refractivity contribution >= 4 is 15.9 Å². The Labute approximate surface area is 126 Å². The Balaban J connectivity index is 1.99. The summed E-state index contributed by atoms with van der Waals surface area (Å²) in [5.41, 5.74) is 1.19. The minimum Gasteiger partial charge on any atom is -0.484 e. The third-order valence-corrected chi connectivity index (χ3v) is 3.33. The van der Waals surface area contributed by atoms with E-state index in [0.29, 0.717) is 18.3 Å². The molecule has 0 spiro atoms. The highest BCUT2D eigenvalue weighted by molar-refractivity contribution is 9.10. The Morgan fingerprint density at radius 1 is 1.40 bits per heavy atom. The average molecular weight is 340 g/mol. The number of nitrogens with zero attached hydrogens (tertiary/aromatic N) is 2. The molecule has 1 heterocycles. The lowest BCUT2D eigenvalue weighted by atomic mass is 10.2. The zero-order valence-electron chi connectivity index (χ0n) is 11.8. The van der Waals surface area contributed by atoms with E-state index in [-0.39, 0.29) is 5.92 Å². The van der Waals surface area contributed by atoms with Crippen LogP contribution in [-0.2, 0) is 13.2 Å². The van der Waals surface area contributed by atoms with Crippen LogP contribution in [0.1, 0.15) is 37.0 Å². The molecule has 0 atom stereocenters. The molecule has 0 bridgehead atoms. The smallest absolute Gasteiger partial charge is 0.229 e. The summed E-state index contributed by atoms with van der Waals surface area (Å²) in [7, 11) is 1.92. The van der Waals surface area contributed by atoms with Gasteiger partial charge in [-0.2, -0.15) is 4.98 Å². The number of hydrogen-bond donors (Lipinski definition) is 1. The number of rotatable bonds is 6. The van der Waals surface area contributed by atoms with E-state index in [1.165, 1.54) is 5.56 Å². The lowest BCUT2D eigenvalue weighted by Gasteiger charge is -2.08. The van der Waals surface area contributed by atoms with Crippen LogP contribution in [0.15, 0.2) is 27.2 Å². The molecule has 0 saturated carbocycles. The third-order valence-electron chi connectivity index (χ3n) is 2.71. The normalized spacial score (nSPS) is 11.1. The Bertz CT molecular complexity index is 569. The van der Waals surface area contributed by atoms with Crippen molar-refractivity contribution in [2.24, 2.45) is 0 Å². The SMILES string of the molecule is CNCc1ccc(OCc2noc(C(C)C)n2)c(Br)c1. The van der Waals surface area contributed by atoms with Gasteiger partial charge in [-0.15, -0.1) is 0 Å². The second-order valence-electron chi connectivity index (χ2n) is 4.79. The first-order valence-electron chi connectivity index (χ1n) is 6.48. The zero-order valence-corrected chi connectivity index (χ0v) is 13.4. The van der Waals surface area contributed by atoms with Crippen molar-refractivity contribution in [2.45, 2.75) is 32.9 Å². The number of aromatic nitrogens is 2. The van der Waals surface area contributed by atoms with Crippen LogP contribution >= 0.6 is 15.9 Å². The van der Waals surface area contributed by atoms with Crippen molar-refractivity contribution < 1.29 is 9.26 Å². The van der Waals surface area contributed by atoms with Crippen molar-refractivity contribution in [3.63, 3.8) is 0 Å². The standard InChI is InChI=1S/C14H18BrN3O2/c1-9(2)14-17-13(18-20-14)8-19-12-5-4-10(7-16-3)6-11(12)15/h4-6,9,16H,7-8H2,1-3H3. The molecule has 1 aromatic carbocycles. The highest BCUT2D eigenvalue weighted by atomic mass is 79.9. The van der Waals surface area contributed by atoms with Crippen LogP contribution in [-0.4, -0.2) is 17.2 Å². The Kier molecular flexibility index (Phi) is 5.14. The van der Waals surface area contributed by atoms with Crippen molar-refractivity contribution in [1.82, 2.24) is 15.5 Å². The summed E-state index contributed by atoms with van der Waals surface area (Å²) in [6.45, 7) is 5.13. The molecule has 1 aromatic heterocycles. The summed E-state index contributed by atoms with van der Waals surface area (Å²) in [5.74, 6) is 2.18. The second kappa shape index (κ2) is 6.85. The maximum absolute atomic E-state index is 5.70. The molecule has 0 radical (unpaired) electrons. The first-order valence-corrected chi connectivity index (χ1v) is 7.27. The van der Waals surface area contributed by atoms with Crippen molar-refractivity contribution in [3.05, 3.63) is 40.0 Å². The molecular weight excluding hydrogens is 322 g/mol.